The second-order valence-corrected chi connectivity index (χ2v) is 7.00. The summed E-state index contributed by atoms with van der Waals surface area (Å²) in [5.74, 6) is -0.559. The number of hydrogen-bond acceptors (Lipinski definition) is 4. The maximum atomic E-state index is 12.7. The third-order valence-corrected chi connectivity index (χ3v) is 5.23. The largest absolute Gasteiger partial charge is 0.406 e. The van der Waals surface area contributed by atoms with E-state index in [1.165, 1.54) is 11.3 Å². The van der Waals surface area contributed by atoms with Gasteiger partial charge in [0, 0.05) is 17.0 Å². The molecule has 0 bridgehead atoms. The molecule has 1 saturated carbocycles. The first-order valence-corrected chi connectivity index (χ1v) is 8.49. The molecule has 0 aromatic carbocycles. The molecular weight excluding hydrogens is 333 g/mol. The molecule has 0 atom stereocenters. The van der Waals surface area contributed by atoms with Crippen LogP contribution in [0.15, 0.2) is 16.8 Å². The maximum Gasteiger partial charge on any atom is 0.406 e. The maximum absolute atomic E-state index is 12.7. The van der Waals surface area contributed by atoms with Crippen LogP contribution in [0.5, 0.6) is 0 Å². The Morgan fingerprint density at radius 3 is 2.73 bits per heavy atom. The van der Waals surface area contributed by atoms with Crippen molar-refractivity contribution in [1.82, 2.24) is 9.88 Å². The first-order chi connectivity index (χ1) is 10.3. The number of amides is 1. The molecule has 2 aromatic rings. The average Bonchev–Trinajstić information content (AvgIpc) is 2.97. The number of thiophene rings is 1. The number of alkyl halides is 3. The molecule has 0 N–H and O–H groups in total. The molecule has 1 amide bonds. The molecule has 0 saturated heterocycles. The van der Waals surface area contributed by atoms with E-state index in [4.69, 9.17) is 0 Å². The molecule has 1 aliphatic carbocycles. The van der Waals surface area contributed by atoms with Crippen molar-refractivity contribution in [1.29, 1.82) is 0 Å². The van der Waals surface area contributed by atoms with Gasteiger partial charge < -0.3 is 4.90 Å². The van der Waals surface area contributed by atoms with Gasteiger partial charge in [0.15, 0.2) is 0 Å². The first-order valence-electron chi connectivity index (χ1n) is 6.73. The molecule has 22 heavy (non-hydrogen) atoms. The Hall–Kier alpha value is -1.41. The molecule has 0 spiro atoms. The van der Waals surface area contributed by atoms with Crippen molar-refractivity contribution >= 4 is 28.6 Å². The number of aromatic nitrogens is 1. The van der Waals surface area contributed by atoms with E-state index in [0.717, 1.165) is 21.8 Å². The van der Waals surface area contributed by atoms with Crippen LogP contribution in [0, 0.1) is 6.92 Å². The fourth-order valence-corrected chi connectivity index (χ4v) is 3.91. The van der Waals surface area contributed by atoms with Gasteiger partial charge in [-0.05, 0) is 31.2 Å². The minimum atomic E-state index is -4.38. The van der Waals surface area contributed by atoms with E-state index in [1.54, 1.807) is 6.92 Å². The predicted molar refractivity (Wildman–Crippen MR) is 80.3 cm³/mol. The van der Waals surface area contributed by atoms with Crippen LogP contribution in [0.1, 0.15) is 28.2 Å². The number of nitrogens with zero attached hydrogens (tertiary/aromatic N) is 2. The summed E-state index contributed by atoms with van der Waals surface area (Å²) in [7, 11) is 0. The Balaban J connectivity index is 1.87. The number of hydrogen-bond donors (Lipinski definition) is 0. The Morgan fingerprint density at radius 1 is 1.45 bits per heavy atom. The molecule has 1 fully saturated rings. The number of carbonyl (C=O) groups is 1. The van der Waals surface area contributed by atoms with E-state index in [9.17, 15) is 18.0 Å². The van der Waals surface area contributed by atoms with Gasteiger partial charge in [0.1, 0.15) is 16.4 Å². The van der Waals surface area contributed by atoms with Gasteiger partial charge in [-0.25, -0.2) is 4.98 Å². The summed E-state index contributed by atoms with van der Waals surface area (Å²) in [5, 5.41) is 4.47. The zero-order chi connectivity index (χ0) is 15.9. The summed E-state index contributed by atoms with van der Waals surface area (Å²) >= 11 is 2.67. The van der Waals surface area contributed by atoms with Crippen LogP contribution < -0.4 is 0 Å². The zero-order valence-corrected chi connectivity index (χ0v) is 13.3. The van der Waals surface area contributed by atoms with Crippen molar-refractivity contribution < 1.29 is 18.0 Å². The smallest absolute Gasteiger partial charge is 0.326 e. The third kappa shape index (κ3) is 3.33. The van der Waals surface area contributed by atoms with E-state index in [-0.39, 0.29) is 6.04 Å². The van der Waals surface area contributed by atoms with Gasteiger partial charge in [-0.3, -0.25) is 4.79 Å². The number of thiazole rings is 1. The quantitative estimate of drug-likeness (QED) is 0.825. The topological polar surface area (TPSA) is 33.2 Å². The van der Waals surface area contributed by atoms with Crippen LogP contribution in [0.25, 0.3) is 10.6 Å². The lowest BCUT2D eigenvalue weighted by molar-refractivity contribution is -0.141. The third-order valence-electron chi connectivity index (χ3n) is 3.36. The van der Waals surface area contributed by atoms with Crippen LogP contribution in [0.3, 0.4) is 0 Å². The van der Waals surface area contributed by atoms with Crippen molar-refractivity contribution in [3.05, 3.63) is 27.4 Å². The fourth-order valence-electron chi connectivity index (χ4n) is 2.18. The van der Waals surface area contributed by atoms with E-state index in [0.29, 0.717) is 28.4 Å². The van der Waals surface area contributed by atoms with Gasteiger partial charge in [0.25, 0.3) is 5.91 Å². The summed E-state index contributed by atoms with van der Waals surface area (Å²) in [4.78, 5) is 18.1. The van der Waals surface area contributed by atoms with Crippen molar-refractivity contribution in [3.63, 3.8) is 0 Å². The summed E-state index contributed by atoms with van der Waals surface area (Å²) in [5.41, 5.74) is 1.38. The standard InChI is InChI=1S/C14H13F3N2OS2/c1-8-11(22-12(18-8)9-4-5-21-6-9)13(20)19(10-2-3-10)7-14(15,16)17/h4-6,10H,2-3,7H2,1H3. The van der Waals surface area contributed by atoms with Gasteiger partial charge in [0.2, 0.25) is 0 Å². The molecule has 0 unspecified atom stereocenters. The molecule has 1 aliphatic rings. The minimum absolute atomic E-state index is 0.291. The Bertz CT molecular complexity index is 675. The van der Waals surface area contributed by atoms with Crippen molar-refractivity contribution in [2.24, 2.45) is 0 Å². The van der Waals surface area contributed by atoms with Gasteiger partial charge in [0.05, 0.1) is 5.69 Å². The normalized spacial score (nSPS) is 15.1. The van der Waals surface area contributed by atoms with Crippen LogP contribution >= 0.6 is 22.7 Å². The molecule has 0 aliphatic heterocycles. The highest BCUT2D eigenvalue weighted by Crippen LogP contribution is 2.35. The lowest BCUT2D eigenvalue weighted by atomic mass is 10.3. The number of carbonyl (C=O) groups excluding carboxylic acids is 1. The molecule has 3 rings (SSSR count). The van der Waals surface area contributed by atoms with Crippen LogP contribution in [0.2, 0.25) is 0 Å². The van der Waals surface area contributed by atoms with Crippen molar-refractivity contribution in [2.45, 2.75) is 32.0 Å². The fraction of sp³-hybridized carbons (Fsp3) is 0.429. The average molecular weight is 346 g/mol. The lowest BCUT2D eigenvalue weighted by Crippen LogP contribution is -2.40. The summed E-state index contributed by atoms with van der Waals surface area (Å²) in [6.45, 7) is 0.472. The molecular formula is C14H13F3N2OS2. The van der Waals surface area contributed by atoms with Gasteiger partial charge in [-0.2, -0.15) is 24.5 Å². The van der Waals surface area contributed by atoms with Crippen LogP contribution in [0.4, 0.5) is 13.2 Å². The molecule has 8 heteroatoms. The molecule has 2 aromatic heterocycles. The number of halogens is 3. The molecule has 118 valence electrons. The second-order valence-electron chi connectivity index (χ2n) is 5.22. The Morgan fingerprint density at radius 2 is 2.18 bits per heavy atom. The predicted octanol–water partition coefficient (Wildman–Crippen LogP) is 4.35. The van der Waals surface area contributed by atoms with E-state index < -0.39 is 18.6 Å². The summed E-state index contributed by atoms with van der Waals surface area (Å²) in [6.07, 6.45) is -3.11. The highest BCUT2D eigenvalue weighted by molar-refractivity contribution is 7.17. The monoisotopic (exact) mass is 346 g/mol. The summed E-state index contributed by atoms with van der Waals surface area (Å²) < 4.78 is 38.1. The van der Waals surface area contributed by atoms with E-state index >= 15 is 0 Å². The van der Waals surface area contributed by atoms with Crippen molar-refractivity contribution in [3.8, 4) is 10.6 Å². The van der Waals surface area contributed by atoms with Crippen molar-refractivity contribution in [2.75, 3.05) is 6.54 Å². The van der Waals surface area contributed by atoms with Gasteiger partial charge in [-0.15, -0.1) is 11.3 Å². The Labute approximate surface area is 133 Å². The Kier molecular flexibility index (Phi) is 3.98. The van der Waals surface area contributed by atoms with Crippen LogP contribution in [-0.4, -0.2) is 34.6 Å². The summed E-state index contributed by atoms with van der Waals surface area (Å²) in [6, 6.07) is 1.59. The van der Waals surface area contributed by atoms with E-state index in [2.05, 4.69) is 4.98 Å². The zero-order valence-electron chi connectivity index (χ0n) is 11.7. The molecule has 3 nitrogen and oxygen atoms in total. The highest BCUT2D eigenvalue weighted by atomic mass is 32.1. The highest BCUT2D eigenvalue weighted by Gasteiger charge is 2.41. The lowest BCUT2D eigenvalue weighted by Gasteiger charge is -2.23. The minimum Gasteiger partial charge on any atom is -0.326 e. The first kappa shape index (κ1) is 15.5. The van der Waals surface area contributed by atoms with Gasteiger partial charge >= 0.3 is 6.18 Å². The van der Waals surface area contributed by atoms with E-state index in [1.807, 2.05) is 16.8 Å². The SMILES string of the molecule is Cc1nc(-c2ccsc2)sc1C(=O)N(CC(F)(F)F)C1CC1. The van der Waals surface area contributed by atoms with Gasteiger partial charge in [-0.1, -0.05) is 0 Å². The van der Waals surface area contributed by atoms with Crippen LogP contribution in [-0.2, 0) is 0 Å². The number of rotatable bonds is 4. The number of aryl methyl sites for hydroxylation is 1. The molecule has 0 radical (unpaired) electrons. The second kappa shape index (κ2) is 5.66. The molecule has 2 heterocycles.